The lowest BCUT2D eigenvalue weighted by Gasteiger charge is -2.15. The first-order valence-corrected chi connectivity index (χ1v) is 5.41. The van der Waals surface area contributed by atoms with Crippen molar-refractivity contribution in [3.8, 4) is 17.2 Å². The van der Waals surface area contributed by atoms with Gasteiger partial charge in [-0.15, -0.1) is 0 Å². The molecule has 0 spiro atoms. The molecule has 1 aromatic carbocycles. The summed E-state index contributed by atoms with van der Waals surface area (Å²) in [5.74, 6) is 2.23. The molecule has 0 aromatic heterocycles. The van der Waals surface area contributed by atoms with Gasteiger partial charge in [-0.1, -0.05) is 0 Å². The maximum atomic E-state index is 5.80. The third kappa shape index (κ3) is 2.01. The molecule has 0 saturated heterocycles. The predicted octanol–water partition coefficient (Wildman–Crippen LogP) is 2.29. The molecule has 0 bridgehead atoms. The van der Waals surface area contributed by atoms with Crippen LogP contribution in [0.1, 0.15) is 13.3 Å². The summed E-state index contributed by atoms with van der Waals surface area (Å²) in [6, 6.07) is 3.77. The Morgan fingerprint density at radius 3 is 2.62 bits per heavy atom. The highest BCUT2D eigenvalue weighted by Crippen LogP contribution is 2.39. The van der Waals surface area contributed by atoms with E-state index in [0.717, 1.165) is 24.4 Å². The number of methoxy groups -OCH3 is 2. The van der Waals surface area contributed by atoms with Crippen LogP contribution >= 0.6 is 0 Å². The Morgan fingerprint density at radius 2 is 1.94 bits per heavy atom. The first-order chi connectivity index (χ1) is 7.74. The number of ether oxygens (including phenoxy) is 3. The Hall–Kier alpha value is -1.58. The predicted molar refractivity (Wildman–Crippen MR) is 62.7 cm³/mol. The van der Waals surface area contributed by atoms with Gasteiger partial charge in [-0.2, -0.15) is 0 Å². The number of fused-ring (bicyclic) bond motifs is 1. The maximum Gasteiger partial charge on any atom is 0.164 e. The van der Waals surface area contributed by atoms with E-state index in [4.69, 9.17) is 14.2 Å². The average molecular weight is 223 g/mol. The monoisotopic (exact) mass is 223 g/mol. The smallest absolute Gasteiger partial charge is 0.164 e. The second-order valence-electron chi connectivity index (χ2n) is 3.85. The summed E-state index contributed by atoms with van der Waals surface area (Å²) >= 11 is 0. The van der Waals surface area contributed by atoms with Gasteiger partial charge in [-0.25, -0.2) is 0 Å². The summed E-state index contributed by atoms with van der Waals surface area (Å²) in [4.78, 5) is 0. The number of nitrogens with one attached hydrogen (secondary N) is 1. The van der Waals surface area contributed by atoms with Crippen LogP contribution in [0.25, 0.3) is 0 Å². The zero-order valence-corrected chi connectivity index (χ0v) is 9.87. The molecular weight excluding hydrogens is 206 g/mol. The van der Waals surface area contributed by atoms with Crippen LogP contribution in [0.15, 0.2) is 12.1 Å². The largest absolute Gasteiger partial charge is 0.493 e. The number of rotatable bonds is 2. The molecule has 0 amide bonds. The van der Waals surface area contributed by atoms with Crippen LogP contribution in [-0.4, -0.2) is 26.9 Å². The lowest BCUT2D eigenvalue weighted by Crippen LogP contribution is -2.12. The van der Waals surface area contributed by atoms with Crippen LogP contribution in [0, 0.1) is 0 Å². The molecule has 1 atom stereocenters. The van der Waals surface area contributed by atoms with E-state index in [9.17, 15) is 0 Å². The second kappa shape index (κ2) is 4.51. The van der Waals surface area contributed by atoms with Crippen LogP contribution in [0.4, 0.5) is 5.69 Å². The van der Waals surface area contributed by atoms with Crippen molar-refractivity contribution in [2.45, 2.75) is 19.4 Å². The van der Waals surface area contributed by atoms with Crippen molar-refractivity contribution in [1.29, 1.82) is 0 Å². The minimum Gasteiger partial charge on any atom is -0.493 e. The molecule has 88 valence electrons. The van der Waals surface area contributed by atoms with Crippen molar-refractivity contribution in [2.75, 3.05) is 26.1 Å². The third-order valence-electron chi connectivity index (χ3n) is 2.68. The van der Waals surface area contributed by atoms with Crippen molar-refractivity contribution in [2.24, 2.45) is 0 Å². The minimum absolute atomic E-state index is 0.215. The lowest BCUT2D eigenvalue weighted by atomic mass is 10.2. The fourth-order valence-electron chi connectivity index (χ4n) is 1.78. The molecule has 1 aliphatic heterocycles. The molecule has 1 N–H and O–H groups in total. The van der Waals surface area contributed by atoms with E-state index in [1.165, 1.54) is 0 Å². The van der Waals surface area contributed by atoms with Gasteiger partial charge in [-0.3, -0.25) is 0 Å². The van der Waals surface area contributed by atoms with E-state index in [1.807, 2.05) is 12.1 Å². The quantitative estimate of drug-likeness (QED) is 0.835. The number of anilines is 1. The summed E-state index contributed by atoms with van der Waals surface area (Å²) in [6.07, 6.45) is 1.20. The van der Waals surface area contributed by atoms with E-state index in [1.54, 1.807) is 14.2 Å². The Morgan fingerprint density at radius 1 is 1.25 bits per heavy atom. The summed E-state index contributed by atoms with van der Waals surface area (Å²) in [5, 5.41) is 3.32. The van der Waals surface area contributed by atoms with E-state index >= 15 is 0 Å². The fourth-order valence-corrected chi connectivity index (χ4v) is 1.78. The highest BCUT2D eigenvalue weighted by molar-refractivity contribution is 5.65. The number of benzene rings is 1. The Labute approximate surface area is 95.5 Å². The summed E-state index contributed by atoms with van der Waals surface area (Å²) in [7, 11) is 3.25. The zero-order valence-electron chi connectivity index (χ0n) is 9.87. The second-order valence-corrected chi connectivity index (χ2v) is 3.85. The normalized spacial score (nSPS) is 18.8. The molecule has 0 saturated carbocycles. The molecule has 16 heavy (non-hydrogen) atoms. The molecule has 0 fully saturated rings. The average Bonchev–Trinajstić information content (AvgIpc) is 2.47. The molecule has 0 radical (unpaired) electrons. The first-order valence-electron chi connectivity index (χ1n) is 5.41. The van der Waals surface area contributed by atoms with Crippen LogP contribution in [0.5, 0.6) is 17.2 Å². The van der Waals surface area contributed by atoms with Gasteiger partial charge >= 0.3 is 0 Å². The third-order valence-corrected chi connectivity index (χ3v) is 2.68. The van der Waals surface area contributed by atoms with Gasteiger partial charge in [0.05, 0.1) is 26.0 Å². The fraction of sp³-hybridized carbons (Fsp3) is 0.500. The van der Waals surface area contributed by atoms with Crippen LogP contribution in [-0.2, 0) is 0 Å². The van der Waals surface area contributed by atoms with Gasteiger partial charge in [0.2, 0.25) is 0 Å². The molecule has 4 nitrogen and oxygen atoms in total. The highest BCUT2D eigenvalue weighted by Gasteiger charge is 2.17. The van der Waals surface area contributed by atoms with E-state index in [2.05, 4.69) is 12.2 Å². The van der Waals surface area contributed by atoms with Crippen molar-refractivity contribution in [3.05, 3.63) is 12.1 Å². The van der Waals surface area contributed by atoms with Crippen molar-refractivity contribution < 1.29 is 14.2 Å². The van der Waals surface area contributed by atoms with Gasteiger partial charge in [0.1, 0.15) is 5.75 Å². The van der Waals surface area contributed by atoms with Crippen molar-refractivity contribution in [3.63, 3.8) is 0 Å². The van der Waals surface area contributed by atoms with E-state index in [-0.39, 0.29) is 6.10 Å². The molecule has 1 heterocycles. The molecule has 0 aliphatic carbocycles. The van der Waals surface area contributed by atoms with E-state index in [0.29, 0.717) is 11.5 Å². The highest BCUT2D eigenvalue weighted by atomic mass is 16.5. The molecule has 4 heteroatoms. The van der Waals surface area contributed by atoms with Gasteiger partial charge in [0.15, 0.2) is 11.5 Å². The SMILES string of the molecule is COc1cc2c(cc1OC)OC(C)CCN2. The first kappa shape index (κ1) is 10.9. The van der Waals surface area contributed by atoms with Crippen LogP contribution in [0.2, 0.25) is 0 Å². The standard InChI is InChI=1S/C12H17NO3/c1-8-4-5-13-9-6-11(14-2)12(15-3)7-10(9)16-8/h6-8,13H,4-5H2,1-3H3. The lowest BCUT2D eigenvalue weighted by molar-refractivity contribution is 0.220. The Kier molecular flexibility index (Phi) is 3.08. The van der Waals surface area contributed by atoms with Crippen molar-refractivity contribution >= 4 is 5.69 Å². The molecule has 1 aliphatic rings. The molecule has 1 unspecified atom stereocenters. The van der Waals surface area contributed by atoms with Gasteiger partial charge < -0.3 is 19.5 Å². The zero-order chi connectivity index (χ0) is 11.5. The minimum atomic E-state index is 0.215. The van der Waals surface area contributed by atoms with Gasteiger partial charge in [-0.05, 0) is 6.92 Å². The topological polar surface area (TPSA) is 39.7 Å². The molecule has 1 aromatic rings. The summed E-state index contributed by atoms with van der Waals surface area (Å²) in [5.41, 5.74) is 0.960. The van der Waals surface area contributed by atoms with Crippen LogP contribution < -0.4 is 19.5 Å². The molecular formula is C12H17NO3. The molecule has 2 rings (SSSR count). The summed E-state index contributed by atoms with van der Waals surface area (Å²) < 4.78 is 16.3. The van der Waals surface area contributed by atoms with E-state index < -0.39 is 0 Å². The van der Waals surface area contributed by atoms with Gasteiger partial charge in [0.25, 0.3) is 0 Å². The number of hydrogen-bond donors (Lipinski definition) is 1. The van der Waals surface area contributed by atoms with Gasteiger partial charge in [0, 0.05) is 25.1 Å². The maximum absolute atomic E-state index is 5.80. The Balaban J connectivity index is 2.41. The van der Waals surface area contributed by atoms with Crippen molar-refractivity contribution in [1.82, 2.24) is 0 Å². The van der Waals surface area contributed by atoms with Crippen LogP contribution in [0.3, 0.4) is 0 Å². The summed E-state index contributed by atoms with van der Waals surface area (Å²) in [6.45, 7) is 2.97. The number of hydrogen-bond acceptors (Lipinski definition) is 4. The Bertz CT molecular complexity index is 379.